The molecule has 0 spiro atoms. The van der Waals surface area contributed by atoms with Crippen LogP contribution in [0.2, 0.25) is 0 Å². The van der Waals surface area contributed by atoms with Crippen LogP contribution in [0.5, 0.6) is 5.75 Å². The van der Waals surface area contributed by atoms with Gasteiger partial charge in [-0.1, -0.05) is 114 Å². The summed E-state index contributed by atoms with van der Waals surface area (Å²) in [5, 5.41) is 0. The monoisotopic (exact) mass is 510 g/mol. The standard InChI is InChI=1S/C33H52NO3/c1-5-6-7-8-9-10-11-12-13-15-18-30-21-23-32(24-22-30)36-28-37-33(35)29(2)25-26-34(3,4)27-31-19-16-14-17-20-31/h14,16-17,19-24,29H,5-13,15,18,25-28H2,1-4H3/q+1. The maximum Gasteiger partial charge on any atom is 0.311 e. The van der Waals surface area contributed by atoms with E-state index in [1.807, 2.05) is 25.1 Å². The second kappa shape index (κ2) is 18.0. The van der Waals surface area contributed by atoms with Gasteiger partial charge in [-0.15, -0.1) is 0 Å². The molecule has 0 N–H and O–H groups in total. The van der Waals surface area contributed by atoms with Crippen LogP contribution in [0, 0.1) is 5.92 Å². The smallest absolute Gasteiger partial charge is 0.311 e. The highest BCUT2D eigenvalue weighted by Crippen LogP contribution is 2.17. The minimum Gasteiger partial charge on any atom is -0.457 e. The maximum absolute atomic E-state index is 12.4. The van der Waals surface area contributed by atoms with E-state index in [-0.39, 0.29) is 18.7 Å². The van der Waals surface area contributed by atoms with Crippen molar-refractivity contribution in [3.05, 3.63) is 65.7 Å². The first-order valence-corrected chi connectivity index (χ1v) is 14.6. The molecule has 0 fully saturated rings. The van der Waals surface area contributed by atoms with Crippen molar-refractivity contribution in [2.45, 2.75) is 97.4 Å². The van der Waals surface area contributed by atoms with Crippen LogP contribution in [0.1, 0.15) is 95.6 Å². The van der Waals surface area contributed by atoms with Crippen LogP contribution in [0.25, 0.3) is 0 Å². The van der Waals surface area contributed by atoms with Gasteiger partial charge in [0.2, 0.25) is 6.79 Å². The number of ether oxygens (including phenoxy) is 2. The fourth-order valence-corrected chi connectivity index (χ4v) is 4.68. The topological polar surface area (TPSA) is 35.5 Å². The number of hydrogen-bond donors (Lipinski definition) is 0. The third kappa shape index (κ3) is 14.3. The molecule has 1 unspecified atom stereocenters. The Kier molecular flexibility index (Phi) is 15.0. The Morgan fingerprint density at radius 1 is 0.784 bits per heavy atom. The number of carbonyl (C=O) groups is 1. The Morgan fingerprint density at radius 3 is 2.00 bits per heavy atom. The third-order valence-electron chi connectivity index (χ3n) is 7.19. The summed E-state index contributed by atoms with van der Waals surface area (Å²) in [5.41, 5.74) is 2.65. The average molecular weight is 511 g/mol. The van der Waals surface area contributed by atoms with Crippen molar-refractivity contribution >= 4 is 5.97 Å². The van der Waals surface area contributed by atoms with Crippen molar-refractivity contribution in [2.24, 2.45) is 5.92 Å². The van der Waals surface area contributed by atoms with E-state index in [1.54, 1.807) is 0 Å². The molecule has 0 heterocycles. The SMILES string of the molecule is CCCCCCCCCCCCc1ccc(OCOC(=O)C(C)CC[N+](C)(C)Cc2ccccc2)cc1. The number of unbranched alkanes of at least 4 members (excludes halogenated alkanes) is 9. The second-order valence-electron chi connectivity index (χ2n) is 11.3. The summed E-state index contributed by atoms with van der Waals surface area (Å²) in [6, 6.07) is 18.7. The zero-order valence-corrected chi connectivity index (χ0v) is 24.1. The van der Waals surface area contributed by atoms with Gasteiger partial charge in [-0.2, -0.15) is 0 Å². The number of hydrogen-bond acceptors (Lipinski definition) is 3. The fraction of sp³-hybridized carbons (Fsp3) is 0.606. The van der Waals surface area contributed by atoms with E-state index >= 15 is 0 Å². The van der Waals surface area contributed by atoms with Crippen LogP contribution < -0.4 is 4.74 Å². The van der Waals surface area contributed by atoms with E-state index in [2.05, 4.69) is 57.4 Å². The molecule has 4 heteroatoms. The molecular formula is C33H52NO3+. The van der Waals surface area contributed by atoms with Gasteiger partial charge in [0.05, 0.1) is 26.6 Å². The second-order valence-corrected chi connectivity index (χ2v) is 11.3. The molecule has 4 nitrogen and oxygen atoms in total. The normalized spacial score (nSPS) is 12.3. The van der Waals surface area contributed by atoms with E-state index in [0.717, 1.165) is 36.2 Å². The summed E-state index contributed by atoms with van der Waals surface area (Å²) in [7, 11) is 4.41. The summed E-state index contributed by atoms with van der Waals surface area (Å²) < 4.78 is 11.9. The maximum atomic E-state index is 12.4. The number of quaternary nitrogens is 1. The Bertz CT molecular complexity index is 848. The van der Waals surface area contributed by atoms with Crippen molar-refractivity contribution in [1.29, 1.82) is 0 Å². The molecule has 2 aromatic carbocycles. The predicted octanol–water partition coefficient (Wildman–Crippen LogP) is 8.33. The zero-order chi connectivity index (χ0) is 26.8. The zero-order valence-electron chi connectivity index (χ0n) is 24.1. The number of benzene rings is 2. The van der Waals surface area contributed by atoms with Gasteiger partial charge in [0, 0.05) is 12.0 Å². The van der Waals surface area contributed by atoms with Crippen LogP contribution in [0.15, 0.2) is 54.6 Å². The van der Waals surface area contributed by atoms with E-state index < -0.39 is 0 Å². The van der Waals surface area contributed by atoms with Crippen molar-refractivity contribution in [2.75, 3.05) is 27.4 Å². The molecule has 2 aromatic rings. The quantitative estimate of drug-likeness (QED) is 0.0777. The molecule has 0 amide bonds. The molecule has 0 radical (unpaired) electrons. The lowest BCUT2D eigenvalue weighted by molar-refractivity contribution is -0.904. The molecule has 0 aliphatic carbocycles. The van der Waals surface area contributed by atoms with Crippen LogP contribution in [-0.2, 0) is 22.5 Å². The number of aryl methyl sites for hydroxylation is 1. The molecular weight excluding hydrogens is 458 g/mol. The molecule has 37 heavy (non-hydrogen) atoms. The van der Waals surface area contributed by atoms with Gasteiger partial charge in [0.1, 0.15) is 12.3 Å². The van der Waals surface area contributed by atoms with Crippen molar-refractivity contribution in [3.63, 3.8) is 0 Å². The van der Waals surface area contributed by atoms with Gasteiger partial charge in [-0.05, 0) is 30.5 Å². The molecule has 0 aliphatic rings. The summed E-state index contributed by atoms with van der Waals surface area (Å²) in [6.45, 7) is 6.03. The molecule has 0 bridgehead atoms. The average Bonchev–Trinajstić information content (AvgIpc) is 2.89. The Morgan fingerprint density at radius 2 is 1.38 bits per heavy atom. The molecule has 1 atom stereocenters. The first-order chi connectivity index (χ1) is 17.9. The largest absolute Gasteiger partial charge is 0.457 e. The van der Waals surface area contributed by atoms with Crippen LogP contribution in [-0.4, -0.2) is 37.9 Å². The number of carbonyl (C=O) groups excluding carboxylic acids is 1. The van der Waals surface area contributed by atoms with Crippen LogP contribution in [0.4, 0.5) is 0 Å². The number of esters is 1. The summed E-state index contributed by atoms with van der Waals surface area (Å²) in [4.78, 5) is 12.4. The first kappa shape index (κ1) is 30.9. The Balaban J connectivity index is 1.54. The molecule has 2 rings (SSSR count). The van der Waals surface area contributed by atoms with E-state index in [9.17, 15) is 4.79 Å². The lowest BCUT2D eigenvalue weighted by atomic mass is 10.0. The van der Waals surface area contributed by atoms with Gasteiger partial charge in [-0.3, -0.25) is 4.79 Å². The van der Waals surface area contributed by atoms with E-state index in [4.69, 9.17) is 9.47 Å². The lowest BCUT2D eigenvalue weighted by Crippen LogP contribution is -2.40. The molecule has 206 valence electrons. The first-order valence-electron chi connectivity index (χ1n) is 14.6. The summed E-state index contributed by atoms with van der Waals surface area (Å²) in [6.07, 6.45) is 15.5. The Labute approximate surface area is 227 Å². The van der Waals surface area contributed by atoms with Crippen LogP contribution in [0.3, 0.4) is 0 Å². The fourth-order valence-electron chi connectivity index (χ4n) is 4.68. The summed E-state index contributed by atoms with van der Waals surface area (Å²) >= 11 is 0. The molecule has 0 saturated heterocycles. The molecule has 0 saturated carbocycles. The van der Waals surface area contributed by atoms with Gasteiger partial charge < -0.3 is 14.0 Å². The van der Waals surface area contributed by atoms with Gasteiger partial charge in [0.25, 0.3) is 0 Å². The van der Waals surface area contributed by atoms with Gasteiger partial charge >= 0.3 is 5.97 Å². The van der Waals surface area contributed by atoms with Crippen molar-refractivity contribution < 1.29 is 18.8 Å². The highest BCUT2D eigenvalue weighted by Gasteiger charge is 2.21. The summed E-state index contributed by atoms with van der Waals surface area (Å²) in [5.74, 6) is 0.394. The van der Waals surface area contributed by atoms with E-state index in [1.165, 1.54) is 75.3 Å². The Hall–Kier alpha value is -2.33. The van der Waals surface area contributed by atoms with Crippen molar-refractivity contribution in [3.8, 4) is 5.75 Å². The number of rotatable bonds is 20. The molecule has 0 aromatic heterocycles. The van der Waals surface area contributed by atoms with Gasteiger partial charge in [-0.25, -0.2) is 0 Å². The third-order valence-corrected chi connectivity index (χ3v) is 7.19. The minimum absolute atomic E-state index is 0.0385. The van der Waals surface area contributed by atoms with Crippen LogP contribution >= 0.6 is 0 Å². The minimum atomic E-state index is -0.197. The van der Waals surface area contributed by atoms with Gasteiger partial charge in [0.15, 0.2) is 0 Å². The molecule has 0 aliphatic heterocycles. The highest BCUT2D eigenvalue weighted by atomic mass is 16.7. The number of nitrogens with zero attached hydrogens (tertiary/aromatic N) is 1. The highest BCUT2D eigenvalue weighted by molar-refractivity contribution is 5.71. The van der Waals surface area contributed by atoms with Crippen molar-refractivity contribution in [1.82, 2.24) is 0 Å². The predicted molar refractivity (Wildman–Crippen MR) is 154 cm³/mol. The lowest BCUT2D eigenvalue weighted by Gasteiger charge is -2.30. The van der Waals surface area contributed by atoms with E-state index in [0.29, 0.717) is 0 Å².